The Balaban J connectivity index is 2.95. The summed E-state index contributed by atoms with van der Waals surface area (Å²) in [6.45, 7) is 3.72. The summed E-state index contributed by atoms with van der Waals surface area (Å²) in [6.07, 6.45) is 1.21. The first-order valence-electron chi connectivity index (χ1n) is 6.36. The zero-order valence-electron chi connectivity index (χ0n) is 12.6. The van der Waals surface area contributed by atoms with Gasteiger partial charge in [-0.2, -0.15) is 0 Å². The van der Waals surface area contributed by atoms with E-state index in [1.165, 1.54) is 11.2 Å². The van der Waals surface area contributed by atoms with Crippen LogP contribution in [0.2, 0.25) is 0 Å². The van der Waals surface area contributed by atoms with Crippen molar-refractivity contribution >= 4 is 21.4 Å². The molecule has 1 aromatic carbocycles. The molecule has 1 amide bonds. The molecule has 5 nitrogen and oxygen atoms in total. The number of rotatable bonds is 5. The van der Waals surface area contributed by atoms with Crippen LogP contribution in [0.5, 0.6) is 0 Å². The summed E-state index contributed by atoms with van der Waals surface area (Å²) in [5.41, 5.74) is 2.34. The lowest BCUT2D eigenvalue weighted by Crippen LogP contribution is -2.26. The molecule has 0 radical (unpaired) electrons. The van der Waals surface area contributed by atoms with Gasteiger partial charge in [-0.05, 0) is 31.5 Å². The van der Waals surface area contributed by atoms with E-state index in [2.05, 4.69) is 5.32 Å². The predicted molar refractivity (Wildman–Crippen MR) is 82.0 cm³/mol. The van der Waals surface area contributed by atoms with Crippen LogP contribution in [0.15, 0.2) is 18.2 Å². The largest absolute Gasteiger partial charge is 0.381 e. The number of hydrogen-bond acceptors (Lipinski definition) is 4. The Morgan fingerprint density at radius 2 is 1.95 bits per heavy atom. The number of hydrogen-bond donors (Lipinski definition) is 1. The van der Waals surface area contributed by atoms with E-state index in [0.717, 1.165) is 11.3 Å². The van der Waals surface area contributed by atoms with Crippen LogP contribution in [0.4, 0.5) is 5.69 Å². The van der Waals surface area contributed by atoms with Crippen LogP contribution in [0.3, 0.4) is 0 Å². The Morgan fingerprint density at radius 3 is 2.45 bits per heavy atom. The average Bonchev–Trinajstić information content (AvgIpc) is 2.28. The number of anilines is 1. The molecule has 6 heteroatoms. The zero-order valence-corrected chi connectivity index (χ0v) is 13.4. The van der Waals surface area contributed by atoms with Gasteiger partial charge in [-0.25, -0.2) is 8.42 Å². The molecule has 1 rings (SSSR count). The van der Waals surface area contributed by atoms with Gasteiger partial charge in [0.2, 0.25) is 0 Å². The molecule has 0 aliphatic heterocycles. The lowest BCUT2D eigenvalue weighted by molar-refractivity contribution is 0.0827. The molecule has 0 saturated carbocycles. The molecule has 112 valence electrons. The van der Waals surface area contributed by atoms with Crippen LogP contribution in [-0.2, 0) is 9.84 Å². The molecular weight excluding hydrogens is 276 g/mol. The summed E-state index contributed by atoms with van der Waals surface area (Å²) in [7, 11) is 0.358. The highest BCUT2D eigenvalue weighted by atomic mass is 32.2. The molecule has 0 spiro atoms. The summed E-state index contributed by atoms with van der Waals surface area (Å²) in [6, 6.07) is 5.17. The van der Waals surface area contributed by atoms with Gasteiger partial charge in [-0.1, -0.05) is 6.07 Å². The molecule has 0 bridgehead atoms. The third-order valence-electron chi connectivity index (χ3n) is 2.85. The van der Waals surface area contributed by atoms with Crippen molar-refractivity contribution in [1.29, 1.82) is 0 Å². The van der Waals surface area contributed by atoms with Gasteiger partial charge in [0.15, 0.2) is 0 Å². The molecule has 0 heterocycles. The highest BCUT2D eigenvalue weighted by molar-refractivity contribution is 7.90. The van der Waals surface area contributed by atoms with E-state index in [4.69, 9.17) is 0 Å². The molecule has 1 N–H and O–H groups in total. The minimum absolute atomic E-state index is 0.0539. The van der Waals surface area contributed by atoms with Crippen LogP contribution in [0.25, 0.3) is 0 Å². The van der Waals surface area contributed by atoms with Crippen molar-refractivity contribution in [1.82, 2.24) is 4.90 Å². The molecule has 1 unspecified atom stereocenters. The van der Waals surface area contributed by atoms with Crippen molar-refractivity contribution in [3.8, 4) is 0 Å². The van der Waals surface area contributed by atoms with Crippen LogP contribution < -0.4 is 5.32 Å². The predicted octanol–water partition coefficient (Wildman–Crippen LogP) is 1.54. The maximum Gasteiger partial charge on any atom is 0.253 e. The average molecular weight is 298 g/mol. The third-order valence-corrected chi connectivity index (χ3v) is 3.95. The SMILES string of the molecule is Cc1ccc(C(=O)N(C)C)cc1NC(C)CS(C)(=O)=O. The molecule has 0 saturated heterocycles. The smallest absolute Gasteiger partial charge is 0.253 e. The summed E-state index contributed by atoms with van der Waals surface area (Å²) in [4.78, 5) is 13.4. The second-order valence-corrected chi connectivity index (χ2v) is 7.55. The molecule has 0 aromatic heterocycles. The van der Waals surface area contributed by atoms with Gasteiger partial charge in [0.1, 0.15) is 9.84 Å². The van der Waals surface area contributed by atoms with E-state index >= 15 is 0 Å². The maximum absolute atomic E-state index is 11.9. The van der Waals surface area contributed by atoms with Gasteiger partial charge in [-0.15, -0.1) is 0 Å². The molecule has 20 heavy (non-hydrogen) atoms. The van der Waals surface area contributed by atoms with Crippen molar-refractivity contribution in [2.45, 2.75) is 19.9 Å². The van der Waals surface area contributed by atoms with E-state index in [1.807, 2.05) is 13.0 Å². The quantitative estimate of drug-likeness (QED) is 0.895. The molecule has 0 aliphatic carbocycles. The maximum atomic E-state index is 11.9. The third kappa shape index (κ3) is 4.85. The van der Waals surface area contributed by atoms with Crippen molar-refractivity contribution in [3.05, 3.63) is 29.3 Å². The molecule has 0 fully saturated rings. The van der Waals surface area contributed by atoms with Gasteiger partial charge in [0.05, 0.1) is 5.75 Å². The standard InChI is InChI=1S/C14H22N2O3S/c1-10-6-7-12(14(17)16(3)4)8-13(10)15-11(2)9-20(5,18)19/h6-8,11,15H,9H2,1-5H3. The lowest BCUT2D eigenvalue weighted by Gasteiger charge is -2.18. The highest BCUT2D eigenvalue weighted by Crippen LogP contribution is 2.19. The van der Waals surface area contributed by atoms with Gasteiger partial charge in [0.25, 0.3) is 5.91 Å². The highest BCUT2D eigenvalue weighted by Gasteiger charge is 2.14. The van der Waals surface area contributed by atoms with Crippen LogP contribution in [-0.4, -0.2) is 51.4 Å². The summed E-state index contributed by atoms with van der Waals surface area (Å²) < 4.78 is 22.6. The fourth-order valence-corrected chi connectivity index (χ4v) is 2.92. The summed E-state index contributed by atoms with van der Waals surface area (Å²) in [5, 5.41) is 3.15. The number of amides is 1. The first kappa shape index (κ1) is 16.5. The normalized spacial score (nSPS) is 12.8. The number of nitrogens with one attached hydrogen (secondary N) is 1. The Labute approximate surface area is 120 Å². The lowest BCUT2D eigenvalue weighted by atomic mass is 10.1. The van der Waals surface area contributed by atoms with Crippen LogP contribution >= 0.6 is 0 Å². The number of carbonyl (C=O) groups is 1. The van der Waals surface area contributed by atoms with E-state index in [9.17, 15) is 13.2 Å². The van der Waals surface area contributed by atoms with Crippen LogP contribution in [0, 0.1) is 6.92 Å². The monoisotopic (exact) mass is 298 g/mol. The van der Waals surface area contributed by atoms with Crippen LogP contribution in [0.1, 0.15) is 22.8 Å². The van der Waals surface area contributed by atoms with Gasteiger partial charge >= 0.3 is 0 Å². The first-order chi connectivity index (χ1) is 9.10. The number of sulfone groups is 1. The topological polar surface area (TPSA) is 66.5 Å². The second kappa shape index (κ2) is 6.26. The molecule has 1 atom stereocenters. The van der Waals surface area contributed by atoms with Crippen molar-refractivity contribution in [3.63, 3.8) is 0 Å². The van der Waals surface area contributed by atoms with Gasteiger partial charge in [0, 0.05) is 37.6 Å². The molecule has 0 aliphatic rings. The number of aryl methyl sites for hydroxylation is 1. The van der Waals surface area contributed by atoms with Crippen molar-refractivity contribution in [2.24, 2.45) is 0 Å². The fraction of sp³-hybridized carbons (Fsp3) is 0.500. The van der Waals surface area contributed by atoms with Crippen molar-refractivity contribution < 1.29 is 13.2 Å². The zero-order chi connectivity index (χ0) is 15.5. The van der Waals surface area contributed by atoms with E-state index in [-0.39, 0.29) is 17.7 Å². The molecular formula is C14H22N2O3S. The Hall–Kier alpha value is -1.56. The minimum Gasteiger partial charge on any atom is -0.381 e. The van der Waals surface area contributed by atoms with Gasteiger partial charge < -0.3 is 10.2 Å². The fourth-order valence-electron chi connectivity index (χ4n) is 1.93. The van der Waals surface area contributed by atoms with Crippen molar-refractivity contribution in [2.75, 3.05) is 31.4 Å². The second-order valence-electron chi connectivity index (χ2n) is 5.37. The summed E-state index contributed by atoms with van der Waals surface area (Å²) >= 11 is 0. The Kier molecular flexibility index (Phi) is 5.16. The Bertz CT molecular complexity index is 594. The summed E-state index contributed by atoms with van der Waals surface area (Å²) in [5.74, 6) is -0.0259. The van der Waals surface area contributed by atoms with E-state index < -0.39 is 9.84 Å². The number of carbonyl (C=O) groups excluding carboxylic acids is 1. The number of nitrogens with zero attached hydrogens (tertiary/aromatic N) is 1. The van der Waals surface area contributed by atoms with E-state index in [1.54, 1.807) is 33.2 Å². The minimum atomic E-state index is -3.03. The van der Waals surface area contributed by atoms with Gasteiger partial charge in [-0.3, -0.25) is 4.79 Å². The first-order valence-corrected chi connectivity index (χ1v) is 8.43. The van der Waals surface area contributed by atoms with E-state index in [0.29, 0.717) is 5.56 Å². The Morgan fingerprint density at radius 1 is 1.35 bits per heavy atom. The molecule has 1 aromatic rings. The number of benzene rings is 1.